The van der Waals surface area contributed by atoms with E-state index < -0.39 is 0 Å². The van der Waals surface area contributed by atoms with Crippen LogP contribution in [-0.2, 0) is 0 Å². The molecule has 0 amide bonds. The Morgan fingerprint density at radius 3 is 1.13 bits per heavy atom. The normalized spacial score (nSPS) is 8.13. The summed E-state index contributed by atoms with van der Waals surface area (Å²) in [6.07, 6.45) is 1.47. The van der Waals surface area contributed by atoms with Gasteiger partial charge in [-0.05, 0) is 11.1 Å². The predicted molar refractivity (Wildman–Crippen MR) is 69.4 cm³/mol. The fourth-order valence-electron chi connectivity index (χ4n) is 1.26. The molecule has 0 bridgehead atoms. The molecule has 0 saturated carbocycles. The van der Waals surface area contributed by atoms with E-state index in [-0.39, 0.29) is 8.41 Å². The summed E-state index contributed by atoms with van der Waals surface area (Å²) in [4.78, 5) is 0. The molecule has 2 heteroatoms. The minimum atomic E-state index is 0. The number of halogens is 1. The van der Waals surface area contributed by atoms with Crippen molar-refractivity contribution in [1.29, 1.82) is 0 Å². The molecule has 2 aromatic rings. The van der Waals surface area contributed by atoms with Crippen LogP contribution in [0.4, 0.5) is 0 Å². The zero-order valence-corrected chi connectivity index (χ0v) is 9.48. The second kappa shape index (κ2) is 8.13. The quantitative estimate of drug-likeness (QED) is 0.501. The highest BCUT2D eigenvalue weighted by Gasteiger charge is 1.91. The van der Waals surface area contributed by atoms with Crippen LogP contribution in [-0.4, -0.2) is 14.8 Å². The highest BCUT2D eigenvalue weighted by molar-refractivity contribution is 6.15. The van der Waals surface area contributed by atoms with Crippen molar-refractivity contribution < 1.29 is 0 Å². The summed E-state index contributed by atoms with van der Waals surface area (Å²) < 4.78 is 0. The van der Waals surface area contributed by atoms with E-state index in [1.807, 2.05) is 12.1 Å². The lowest BCUT2D eigenvalue weighted by Gasteiger charge is -1.98. The molecule has 0 spiro atoms. The van der Waals surface area contributed by atoms with Gasteiger partial charge in [-0.15, -0.1) is 11.6 Å². The molecule has 0 unspecified atom stereocenters. The number of hydrogen-bond acceptors (Lipinski definition) is 0. The van der Waals surface area contributed by atoms with Crippen LogP contribution < -0.4 is 0 Å². The fraction of sp³-hybridized carbons (Fsp3) is 0.0769. The Labute approximate surface area is 98.5 Å². The molecule has 0 saturated heterocycles. The summed E-state index contributed by atoms with van der Waals surface area (Å²) in [6.45, 7) is 0. The van der Waals surface area contributed by atoms with Gasteiger partial charge in [-0.25, -0.2) is 0 Å². The van der Waals surface area contributed by atoms with E-state index in [9.17, 15) is 0 Å². The molecule has 0 aromatic heterocycles. The zero-order chi connectivity index (χ0) is 10.2. The number of alkyl halides is 1. The number of benzene rings is 2. The summed E-state index contributed by atoms with van der Waals surface area (Å²) in [6, 6.07) is 20.8. The summed E-state index contributed by atoms with van der Waals surface area (Å²) in [5.74, 6) is 0. The van der Waals surface area contributed by atoms with Gasteiger partial charge in [0.15, 0.2) is 0 Å². The molecule has 0 fully saturated rings. The Morgan fingerprint density at radius 1 is 0.600 bits per heavy atom. The topological polar surface area (TPSA) is 0 Å². The van der Waals surface area contributed by atoms with E-state index >= 15 is 0 Å². The molecule has 0 aliphatic carbocycles. The highest BCUT2D eigenvalue weighted by atomic mass is 35.5. The SMILES string of the molecule is CCl.[B].c1ccc(-c2ccccc2)cc1. The molecule has 0 atom stereocenters. The van der Waals surface area contributed by atoms with Gasteiger partial charge < -0.3 is 0 Å². The Hall–Kier alpha value is -1.21. The van der Waals surface area contributed by atoms with Crippen molar-refractivity contribution in [3.63, 3.8) is 0 Å². The first-order valence-electron chi connectivity index (χ1n) is 4.45. The maximum absolute atomic E-state index is 4.64. The third-order valence-corrected chi connectivity index (χ3v) is 1.88. The van der Waals surface area contributed by atoms with Crippen molar-refractivity contribution in [1.82, 2.24) is 0 Å². The van der Waals surface area contributed by atoms with Gasteiger partial charge in [-0.3, -0.25) is 0 Å². The molecule has 0 heterocycles. The van der Waals surface area contributed by atoms with Gasteiger partial charge in [-0.1, -0.05) is 60.7 Å². The van der Waals surface area contributed by atoms with Gasteiger partial charge in [0.25, 0.3) is 0 Å². The third kappa shape index (κ3) is 4.22. The number of hydrogen-bond donors (Lipinski definition) is 0. The molecule has 0 nitrogen and oxygen atoms in total. The smallest absolute Gasteiger partial charge is 0.0108 e. The Balaban J connectivity index is 0.000000617. The lowest BCUT2D eigenvalue weighted by Crippen LogP contribution is -1.73. The van der Waals surface area contributed by atoms with Crippen LogP contribution in [0.2, 0.25) is 0 Å². The van der Waals surface area contributed by atoms with Crippen LogP contribution in [0.1, 0.15) is 0 Å². The predicted octanol–water partition coefficient (Wildman–Crippen LogP) is 3.83. The third-order valence-electron chi connectivity index (χ3n) is 1.88. The van der Waals surface area contributed by atoms with E-state index in [0.717, 1.165) is 0 Å². The summed E-state index contributed by atoms with van der Waals surface area (Å²) in [5, 5.41) is 0. The van der Waals surface area contributed by atoms with Crippen molar-refractivity contribution in [3.05, 3.63) is 60.7 Å². The van der Waals surface area contributed by atoms with Gasteiger partial charge in [0.1, 0.15) is 0 Å². The van der Waals surface area contributed by atoms with E-state index in [1.165, 1.54) is 17.5 Å². The molecule has 2 aromatic carbocycles. The fourth-order valence-corrected chi connectivity index (χ4v) is 1.26. The molecule has 75 valence electrons. The maximum atomic E-state index is 4.64. The summed E-state index contributed by atoms with van der Waals surface area (Å²) >= 11 is 4.64. The van der Waals surface area contributed by atoms with Gasteiger partial charge in [0.2, 0.25) is 0 Å². The lowest BCUT2D eigenvalue weighted by molar-refractivity contribution is 1.62. The van der Waals surface area contributed by atoms with Crippen molar-refractivity contribution in [3.8, 4) is 11.1 Å². The van der Waals surface area contributed by atoms with Crippen LogP contribution >= 0.6 is 11.6 Å². The summed E-state index contributed by atoms with van der Waals surface area (Å²) in [7, 11) is 0. The standard InChI is InChI=1S/C12H10.CH3Cl.B/c1-3-7-11(8-4-1)12-9-5-2-6-10-12;1-2;/h1-10H;1H3;. The molecule has 2 rings (SSSR count). The monoisotopic (exact) mass is 215 g/mol. The molecular formula is C13H13BCl. The Kier molecular flexibility index (Phi) is 7.48. The van der Waals surface area contributed by atoms with Crippen LogP contribution in [0.25, 0.3) is 11.1 Å². The largest absolute Gasteiger partial charge is 0.130 e. The first-order chi connectivity index (χ1) is 6.97. The zero-order valence-electron chi connectivity index (χ0n) is 8.73. The van der Waals surface area contributed by atoms with Crippen LogP contribution in [0.15, 0.2) is 60.7 Å². The average Bonchev–Trinajstić information content (AvgIpc) is 2.34. The Morgan fingerprint density at radius 2 is 0.867 bits per heavy atom. The van der Waals surface area contributed by atoms with E-state index in [0.29, 0.717) is 0 Å². The van der Waals surface area contributed by atoms with Gasteiger partial charge in [0, 0.05) is 14.8 Å². The van der Waals surface area contributed by atoms with Crippen LogP contribution in [0.3, 0.4) is 0 Å². The minimum absolute atomic E-state index is 0. The molecule has 0 N–H and O–H groups in total. The Bertz CT molecular complexity index is 308. The molecular weight excluding hydrogens is 202 g/mol. The first kappa shape index (κ1) is 13.8. The van der Waals surface area contributed by atoms with Crippen molar-refractivity contribution >= 4 is 20.0 Å². The molecule has 15 heavy (non-hydrogen) atoms. The molecule has 3 radical (unpaired) electrons. The van der Waals surface area contributed by atoms with Crippen LogP contribution in [0, 0.1) is 0 Å². The molecule has 0 aliphatic rings. The van der Waals surface area contributed by atoms with Gasteiger partial charge >= 0.3 is 0 Å². The van der Waals surface area contributed by atoms with Crippen LogP contribution in [0.5, 0.6) is 0 Å². The van der Waals surface area contributed by atoms with Crippen molar-refractivity contribution in [2.45, 2.75) is 0 Å². The van der Waals surface area contributed by atoms with Gasteiger partial charge in [-0.2, -0.15) is 0 Å². The summed E-state index contributed by atoms with van der Waals surface area (Å²) in [5.41, 5.74) is 2.55. The molecule has 0 aliphatic heterocycles. The minimum Gasteiger partial charge on any atom is -0.130 e. The lowest BCUT2D eigenvalue weighted by atomic mass is 10.1. The second-order valence-electron chi connectivity index (χ2n) is 2.73. The number of rotatable bonds is 1. The average molecular weight is 216 g/mol. The maximum Gasteiger partial charge on any atom is 0.0108 e. The van der Waals surface area contributed by atoms with Crippen molar-refractivity contribution in [2.75, 3.05) is 6.38 Å². The first-order valence-corrected chi connectivity index (χ1v) is 5.21. The van der Waals surface area contributed by atoms with Gasteiger partial charge in [0.05, 0.1) is 0 Å². The van der Waals surface area contributed by atoms with Crippen molar-refractivity contribution in [2.24, 2.45) is 0 Å². The van der Waals surface area contributed by atoms with E-state index in [4.69, 9.17) is 0 Å². The highest BCUT2D eigenvalue weighted by Crippen LogP contribution is 2.17. The second-order valence-corrected chi connectivity index (χ2v) is 2.73. The van der Waals surface area contributed by atoms with E-state index in [2.05, 4.69) is 60.1 Å². The van der Waals surface area contributed by atoms with E-state index in [1.54, 1.807) is 0 Å².